The lowest BCUT2D eigenvalue weighted by Crippen LogP contribution is -2.46. The third kappa shape index (κ3) is 3.92. The molecule has 4 saturated carbocycles. The first-order valence-electron chi connectivity index (χ1n) is 9.96. The topological polar surface area (TPSA) is 29.1 Å². The molecule has 0 atom stereocenters. The molecule has 1 aromatic carbocycles. The van der Waals surface area contributed by atoms with Crippen LogP contribution in [0.15, 0.2) is 18.2 Å². The summed E-state index contributed by atoms with van der Waals surface area (Å²) in [4.78, 5) is 12.2. The van der Waals surface area contributed by atoms with E-state index in [1.165, 1.54) is 56.1 Å². The number of aryl methyl sites for hydroxylation is 2. The van der Waals surface area contributed by atoms with Crippen molar-refractivity contribution in [2.24, 2.45) is 23.2 Å². The van der Waals surface area contributed by atoms with Crippen LogP contribution in [-0.4, -0.2) is 17.4 Å². The summed E-state index contributed by atoms with van der Waals surface area (Å²) in [6.45, 7) is 4.19. The van der Waals surface area contributed by atoms with Gasteiger partial charge < -0.3 is 5.32 Å². The average molecular weight is 358 g/mol. The van der Waals surface area contributed by atoms with Gasteiger partial charge in [0, 0.05) is 5.69 Å². The molecule has 4 fully saturated rings. The Morgan fingerprint density at radius 1 is 1.08 bits per heavy atom. The van der Waals surface area contributed by atoms with Crippen molar-refractivity contribution in [1.82, 2.24) is 0 Å². The second-order valence-corrected chi connectivity index (χ2v) is 10.2. The Labute approximate surface area is 156 Å². The highest BCUT2D eigenvalue weighted by molar-refractivity contribution is 7.99. The van der Waals surface area contributed by atoms with E-state index >= 15 is 0 Å². The second kappa shape index (κ2) is 6.98. The second-order valence-electron chi connectivity index (χ2n) is 9.07. The van der Waals surface area contributed by atoms with Crippen molar-refractivity contribution in [3.05, 3.63) is 29.3 Å². The van der Waals surface area contributed by atoms with Gasteiger partial charge in [0.2, 0.25) is 5.91 Å². The van der Waals surface area contributed by atoms with Crippen LogP contribution in [0.25, 0.3) is 0 Å². The fourth-order valence-electron chi connectivity index (χ4n) is 6.07. The van der Waals surface area contributed by atoms with Gasteiger partial charge in [-0.2, -0.15) is 11.8 Å². The lowest BCUT2D eigenvalue weighted by atomic mass is 9.49. The highest BCUT2D eigenvalue weighted by Crippen LogP contribution is 2.61. The molecule has 3 heteroatoms. The molecule has 5 rings (SSSR count). The molecule has 0 unspecified atom stereocenters. The monoisotopic (exact) mass is 357 g/mol. The summed E-state index contributed by atoms with van der Waals surface area (Å²) in [5.74, 6) is 4.96. The van der Waals surface area contributed by atoms with Gasteiger partial charge in [0.1, 0.15) is 0 Å². The Balaban J connectivity index is 1.22. The van der Waals surface area contributed by atoms with Gasteiger partial charge in [0.05, 0.1) is 5.75 Å². The number of benzene rings is 1. The maximum atomic E-state index is 12.2. The molecule has 1 amide bonds. The van der Waals surface area contributed by atoms with E-state index in [0.717, 1.165) is 29.2 Å². The molecule has 136 valence electrons. The molecule has 1 aromatic rings. The van der Waals surface area contributed by atoms with Crippen LogP contribution in [0, 0.1) is 37.0 Å². The standard InChI is InChI=1S/C22H31NOS/c1-15-3-4-20(7-16(15)2)23-21(24)14-25-6-5-22-11-17-8-18(12-22)10-19(9-17)13-22/h3-4,7,17-19H,5-6,8-14H2,1-2H3,(H,23,24). The van der Waals surface area contributed by atoms with Gasteiger partial charge in [-0.15, -0.1) is 0 Å². The van der Waals surface area contributed by atoms with Crippen molar-refractivity contribution in [2.45, 2.75) is 58.8 Å². The minimum Gasteiger partial charge on any atom is -0.325 e. The van der Waals surface area contributed by atoms with Gasteiger partial charge in [-0.05, 0) is 111 Å². The lowest BCUT2D eigenvalue weighted by molar-refractivity contribution is -0.113. The third-order valence-corrected chi connectivity index (χ3v) is 7.92. The molecule has 0 aromatic heterocycles. The van der Waals surface area contributed by atoms with Gasteiger partial charge in [0.15, 0.2) is 0 Å². The highest BCUT2D eigenvalue weighted by atomic mass is 32.2. The number of anilines is 1. The van der Waals surface area contributed by atoms with Gasteiger partial charge in [-0.3, -0.25) is 4.79 Å². The van der Waals surface area contributed by atoms with E-state index in [1.807, 2.05) is 17.8 Å². The Hall–Kier alpha value is -0.960. The third-order valence-electron chi connectivity index (χ3n) is 6.97. The Kier molecular flexibility index (Phi) is 4.87. The number of hydrogen-bond acceptors (Lipinski definition) is 2. The van der Waals surface area contributed by atoms with E-state index < -0.39 is 0 Å². The normalized spacial score (nSPS) is 32.8. The summed E-state index contributed by atoms with van der Waals surface area (Å²) in [6.07, 6.45) is 10.3. The predicted molar refractivity (Wildman–Crippen MR) is 107 cm³/mol. The molecule has 4 bridgehead atoms. The van der Waals surface area contributed by atoms with E-state index in [0.29, 0.717) is 11.2 Å². The summed E-state index contributed by atoms with van der Waals surface area (Å²) < 4.78 is 0. The quantitative estimate of drug-likeness (QED) is 0.673. The Morgan fingerprint density at radius 3 is 2.32 bits per heavy atom. The number of thioether (sulfide) groups is 1. The van der Waals surface area contributed by atoms with Gasteiger partial charge in [0.25, 0.3) is 0 Å². The van der Waals surface area contributed by atoms with Crippen LogP contribution in [0.3, 0.4) is 0 Å². The Morgan fingerprint density at radius 2 is 1.72 bits per heavy atom. The van der Waals surface area contributed by atoms with Crippen molar-refractivity contribution in [3.63, 3.8) is 0 Å². The molecule has 4 aliphatic rings. The van der Waals surface area contributed by atoms with Crippen LogP contribution in [0.5, 0.6) is 0 Å². The first-order chi connectivity index (χ1) is 12.0. The number of amides is 1. The van der Waals surface area contributed by atoms with Crippen LogP contribution < -0.4 is 5.32 Å². The SMILES string of the molecule is Cc1ccc(NC(=O)CSCCC23CC4CC(CC(C4)C2)C3)cc1C. The summed E-state index contributed by atoms with van der Waals surface area (Å²) in [7, 11) is 0. The highest BCUT2D eigenvalue weighted by Gasteiger charge is 2.50. The summed E-state index contributed by atoms with van der Waals surface area (Å²) in [5.41, 5.74) is 4.07. The number of nitrogens with one attached hydrogen (secondary N) is 1. The zero-order valence-corrected chi connectivity index (χ0v) is 16.5. The molecule has 1 N–H and O–H groups in total. The van der Waals surface area contributed by atoms with Crippen molar-refractivity contribution >= 4 is 23.4 Å². The van der Waals surface area contributed by atoms with Crippen LogP contribution in [-0.2, 0) is 4.79 Å². The predicted octanol–water partition coefficient (Wildman–Crippen LogP) is 5.58. The molecule has 0 saturated heterocycles. The summed E-state index contributed by atoms with van der Waals surface area (Å²) >= 11 is 1.82. The molecule has 2 nitrogen and oxygen atoms in total. The molecule has 0 spiro atoms. The van der Waals surface area contributed by atoms with Gasteiger partial charge >= 0.3 is 0 Å². The van der Waals surface area contributed by atoms with Crippen molar-refractivity contribution in [2.75, 3.05) is 16.8 Å². The fourth-order valence-corrected chi connectivity index (χ4v) is 7.05. The van der Waals surface area contributed by atoms with Crippen molar-refractivity contribution in [1.29, 1.82) is 0 Å². The zero-order chi connectivity index (χ0) is 17.4. The molecule has 0 heterocycles. The first-order valence-corrected chi connectivity index (χ1v) is 11.1. The number of hydrogen-bond donors (Lipinski definition) is 1. The number of rotatable bonds is 6. The minimum atomic E-state index is 0.138. The number of carbonyl (C=O) groups excluding carboxylic acids is 1. The average Bonchev–Trinajstić information content (AvgIpc) is 2.54. The van der Waals surface area contributed by atoms with Crippen molar-refractivity contribution in [3.8, 4) is 0 Å². The van der Waals surface area contributed by atoms with Crippen LogP contribution >= 0.6 is 11.8 Å². The van der Waals surface area contributed by atoms with Crippen LogP contribution in [0.1, 0.15) is 56.1 Å². The van der Waals surface area contributed by atoms with Gasteiger partial charge in [-0.25, -0.2) is 0 Å². The van der Waals surface area contributed by atoms with Gasteiger partial charge in [-0.1, -0.05) is 6.07 Å². The molecule has 0 radical (unpaired) electrons. The molecular formula is C22H31NOS. The summed E-state index contributed by atoms with van der Waals surface area (Å²) in [6, 6.07) is 6.14. The van der Waals surface area contributed by atoms with E-state index in [-0.39, 0.29) is 5.91 Å². The van der Waals surface area contributed by atoms with Crippen LogP contribution in [0.2, 0.25) is 0 Å². The van der Waals surface area contributed by atoms with E-state index in [2.05, 4.69) is 31.3 Å². The van der Waals surface area contributed by atoms with Crippen LogP contribution in [0.4, 0.5) is 5.69 Å². The minimum absolute atomic E-state index is 0.138. The fraction of sp³-hybridized carbons (Fsp3) is 0.682. The molecule has 25 heavy (non-hydrogen) atoms. The molecule has 4 aliphatic carbocycles. The van der Waals surface area contributed by atoms with Crippen molar-refractivity contribution < 1.29 is 4.79 Å². The smallest absolute Gasteiger partial charge is 0.234 e. The molecular weight excluding hydrogens is 326 g/mol. The summed E-state index contributed by atoms with van der Waals surface area (Å²) in [5, 5.41) is 3.04. The Bertz CT molecular complexity index is 618. The largest absolute Gasteiger partial charge is 0.325 e. The lowest BCUT2D eigenvalue weighted by Gasteiger charge is -2.57. The van der Waals surface area contributed by atoms with E-state index in [9.17, 15) is 4.79 Å². The zero-order valence-electron chi connectivity index (χ0n) is 15.6. The van der Waals surface area contributed by atoms with E-state index in [1.54, 1.807) is 0 Å². The first kappa shape index (κ1) is 17.5. The maximum absolute atomic E-state index is 12.2. The molecule has 0 aliphatic heterocycles. The van der Waals surface area contributed by atoms with E-state index in [4.69, 9.17) is 0 Å². The maximum Gasteiger partial charge on any atom is 0.234 e. The number of carbonyl (C=O) groups is 1.